The molecular formula is C13H21N3O4S. The van der Waals surface area contributed by atoms with Gasteiger partial charge in [-0.2, -0.15) is 4.31 Å². The Hall–Kier alpha value is -1.41. The van der Waals surface area contributed by atoms with Crippen LogP contribution in [0.2, 0.25) is 0 Å². The zero-order valence-electron chi connectivity index (χ0n) is 12.1. The van der Waals surface area contributed by atoms with Gasteiger partial charge in [-0.3, -0.25) is 4.79 Å². The summed E-state index contributed by atoms with van der Waals surface area (Å²) in [5, 5.41) is 8.81. The van der Waals surface area contributed by atoms with Crippen molar-refractivity contribution >= 4 is 16.0 Å². The molecule has 1 fully saturated rings. The summed E-state index contributed by atoms with van der Waals surface area (Å²) in [6, 6.07) is 0. The molecule has 0 radical (unpaired) electrons. The fourth-order valence-electron chi connectivity index (χ4n) is 2.59. The molecule has 8 heteroatoms. The number of rotatable bonds is 6. The fraction of sp³-hybridized carbons (Fsp3) is 0.692. The van der Waals surface area contributed by atoms with Crippen LogP contribution in [-0.2, 0) is 21.4 Å². The highest BCUT2D eigenvalue weighted by atomic mass is 32.2. The van der Waals surface area contributed by atoms with Crippen LogP contribution in [-0.4, -0.2) is 46.4 Å². The van der Waals surface area contributed by atoms with Gasteiger partial charge in [0.25, 0.3) is 10.0 Å². The van der Waals surface area contributed by atoms with E-state index in [0.29, 0.717) is 26.1 Å². The van der Waals surface area contributed by atoms with Crippen molar-refractivity contribution in [2.45, 2.75) is 44.2 Å². The van der Waals surface area contributed by atoms with Crippen molar-refractivity contribution in [3.05, 3.63) is 12.5 Å². The van der Waals surface area contributed by atoms with E-state index < -0.39 is 16.0 Å². The number of hydrogen-bond donors (Lipinski definition) is 1. The van der Waals surface area contributed by atoms with E-state index in [-0.39, 0.29) is 17.4 Å². The minimum atomic E-state index is -3.57. The zero-order valence-corrected chi connectivity index (χ0v) is 12.9. The molecule has 0 amide bonds. The Morgan fingerprint density at radius 3 is 2.90 bits per heavy atom. The van der Waals surface area contributed by atoms with Gasteiger partial charge in [-0.05, 0) is 32.1 Å². The van der Waals surface area contributed by atoms with Crippen molar-refractivity contribution in [1.29, 1.82) is 0 Å². The monoisotopic (exact) mass is 315 g/mol. The minimum Gasteiger partial charge on any atom is -0.481 e. The summed E-state index contributed by atoms with van der Waals surface area (Å²) in [6.07, 6.45) is 5.30. The van der Waals surface area contributed by atoms with Crippen molar-refractivity contribution in [2.75, 3.05) is 13.1 Å². The third-order valence-electron chi connectivity index (χ3n) is 3.83. The molecule has 1 atom stereocenters. The third kappa shape index (κ3) is 3.82. The number of nitrogens with zero attached hydrogens (tertiary/aromatic N) is 3. The molecule has 2 heterocycles. The largest absolute Gasteiger partial charge is 0.481 e. The molecule has 21 heavy (non-hydrogen) atoms. The maximum atomic E-state index is 12.5. The Balaban J connectivity index is 2.07. The van der Waals surface area contributed by atoms with Gasteiger partial charge in [0, 0.05) is 32.3 Å². The summed E-state index contributed by atoms with van der Waals surface area (Å²) in [5.41, 5.74) is 0. The van der Waals surface area contributed by atoms with Crippen LogP contribution in [0, 0.1) is 5.92 Å². The van der Waals surface area contributed by atoms with E-state index >= 15 is 0 Å². The van der Waals surface area contributed by atoms with Gasteiger partial charge in [-0.1, -0.05) is 0 Å². The molecule has 1 aliphatic rings. The van der Waals surface area contributed by atoms with Gasteiger partial charge in [0.2, 0.25) is 0 Å². The molecule has 1 aliphatic heterocycles. The molecule has 1 saturated heterocycles. The van der Waals surface area contributed by atoms with Crippen LogP contribution in [0.1, 0.15) is 32.6 Å². The Bertz CT molecular complexity index is 596. The molecule has 0 spiro atoms. The van der Waals surface area contributed by atoms with Crippen LogP contribution in [0.4, 0.5) is 0 Å². The Labute approximate surface area is 124 Å². The van der Waals surface area contributed by atoms with Crippen LogP contribution in [0.3, 0.4) is 0 Å². The van der Waals surface area contributed by atoms with Gasteiger partial charge < -0.3 is 9.67 Å². The number of aromatic nitrogens is 2. The van der Waals surface area contributed by atoms with Crippen molar-refractivity contribution < 1.29 is 18.3 Å². The van der Waals surface area contributed by atoms with Gasteiger partial charge >= 0.3 is 5.97 Å². The van der Waals surface area contributed by atoms with E-state index in [1.165, 1.54) is 16.8 Å². The Morgan fingerprint density at radius 1 is 1.52 bits per heavy atom. The predicted octanol–water partition coefficient (Wildman–Crippen LogP) is 1.17. The lowest BCUT2D eigenvalue weighted by atomic mass is 9.95. The summed E-state index contributed by atoms with van der Waals surface area (Å²) in [7, 11) is -3.57. The van der Waals surface area contributed by atoms with Gasteiger partial charge in [0.1, 0.15) is 0 Å². The van der Waals surface area contributed by atoms with Gasteiger partial charge in [-0.15, -0.1) is 0 Å². The first-order valence-corrected chi connectivity index (χ1v) is 8.61. The summed E-state index contributed by atoms with van der Waals surface area (Å²) >= 11 is 0. The fourth-order valence-corrected chi connectivity index (χ4v) is 4.08. The first-order valence-electron chi connectivity index (χ1n) is 7.17. The van der Waals surface area contributed by atoms with Crippen LogP contribution >= 0.6 is 0 Å². The molecule has 0 aromatic carbocycles. The number of aryl methyl sites for hydroxylation is 1. The molecule has 7 nitrogen and oxygen atoms in total. The highest BCUT2D eigenvalue weighted by molar-refractivity contribution is 7.89. The first kappa shape index (κ1) is 16.0. The number of piperidine rings is 1. The number of carboxylic acids is 1. The van der Waals surface area contributed by atoms with E-state index in [2.05, 4.69) is 4.98 Å². The van der Waals surface area contributed by atoms with Crippen molar-refractivity contribution in [2.24, 2.45) is 5.92 Å². The third-order valence-corrected chi connectivity index (χ3v) is 5.58. The van der Waals surface area contributed by atoms with Crippen molar-refractivity contribution in [3.63, 3.8) is 0 Å². The number of sulfonamides is 1. The Morgan fingerprint density at radius 2 is 2.29 bits per heavy atom. The van der Waals surface area contributed by atoms with E-state index in [1.807, 2.05) is 6.92 Å². The number of hydrogen-bond acceptors (Lipinski definition) is 4. The number of aliphatic carboxylic acids is 1. The molecule has 1 aromatic heterocycles. The maximum absolute atomic E-state index is 12.5. The highest BCUT2D eigenvalue weighted by Crippen LogP contribution is 2.25. The normalized spacial score (nSPS) is 20.5. The summed E-state index contributed by atoms with van der Waals surface area (Å²) in [6.45, 7) is 3.45. The van der Waals surface area contributed by atoms with Crippen molar-refractivity contribution in [3.8, 4) is 0 Å². The minimum absolute atomic E-state index is 0.0724. The topological polar surface area (TPSA) is 92.5 Å². The van der Waals surface area contributed by atoms with E-state index in [9.17, 15) is 13.2 Å². The Kier molecular flexibility index (Phi) is 5.00. The SMILES string of the molecule is CCn1cnc(S(=O)(=O)N2CCCC(CCC(=O)O)C2)c1. The van der Waals surface area contributed by atoms with Crippen LogP contribution in [0.15, 0.2) is 17.6 Å². The number of imidazole rings is 1. The highest BCUT2D eigenvalue weighted by Gasteiger charge is 2.31. The quantitative estimate of drug-likeness (QED) is 0.850. The second-order valence-electron chi connectivity index (χ2n) is 5.35. The molecule has 1 unspecified atom stereocenters. The molecule has 118 valence electrons. The molecular weight excluding hydrogens is 294 g/mol. The van der Waals surface area contributed by atoms with Crippen LogP contribution in [0.25, 0.3) is 0 Å². The predicted molar refractivity (Wildman–Crippen MR) is 76.3 cm³/mol. The molecule has 0 aliphatic carbocycles. The lowest BCUT2D eigenvalue weighted by Gasteiger charge is -2.31. The number of carboxylic acid groups (broad SMARTS) is 1. The summed E-state index contributed by atoms with van der Waals surface area (Å²) in [5.74, 6) is -0.727. The van der Waals surface area contributed by atoms with E-state index in [4.69, 9.17) is 5.11 Å². The average Bonchev–Trinajstić information content (AvgIpc) is 2.95. The zero-order chi connectivity index (χ0) is 15.5. The maximum Gasteiger partial charge on any atom is 0.303 e. The van der Waals surface area contributed by atoms with Crippen molar-refractivity contribution in [1.82, 2.24) is 13.9 Å². The van der Waals surface area contributed by atoms with Gasteiger partial charge in [0.15, 0.2) is 5.03 Å². The second-order valence-corrected chi connectivity index (χ2v) is 7.23. The summed E-state index contributed by atoms with van der Waals surface area (Å²) in [4.78, 5) is 14.6. The smallest absolute Gasteiger partial charge is 0.303 e. The number of carbonyl (C=O) groups is 1. The molecule has 1 N–H and O–H groups in total. The molecule has 2 rings (SSSR count). The van der Waals surface area contributed by atoms with Crippen LogP contribution < -0.4 is 0 Å². The molecule has 1 aromatic rings. The van der Waals surface area contributed by atoms with Gasteiger partial charge in [-0.25, -0.2) is 13.4 Å². The second kappa shape index (κ2) is 6.57. The standard InChI is InChI=1S/C13H21N3O4S/c1-2-15-9-12(14-10-15)21(19,20)16-7-3-4-11(8-16)5-6-13(17)18/h9-11H,2-8H2,1H3,(H,17,18). The first-order chi connectivity index (χ1) is 9.93. The molecule has 0 saturated carbocycles. The summed E-state index contributed by atoms with van der Waals surface area (Å²) < 4.78 is 28.2. The average molecular weight is 315 g/mol. The van der Waals surface area contributed by atoms with Crippen LogP contribution in [0.5, 0.6) is 0 Å². The van der Waals surface area contributed by atoms with Gasteiger partial charge in [0.05, 0.1) is 6.33 Å². The lowest BCUT2D eigenvalue weighted by Crippen LogP contribution is -2.40. The van der Waals surface area contributed by atoms with E-state index in [1.54, 1.807) is 4.57 Å². The molecule has 0 bridgehead atoms. The lowest BCUT2D eigenvalue weighted by molar-refractivity contribution is -0.137. The van der Waals surface area contributed by atoms with E-state index in [0.717, 1.165) is 12.8 Å².